The Kier molecular flexibility index (Phi) is 5.23. The molecule has 1 aromatic carbocycles. The normalized spacial score (nSPS) is 13.1. The second kappa shape index (κ2) is 6.76. The summed E-state index contributed by atoms with van der Waals surface area (Å²) in [5.41, 5.74) is 0.667. The second-order valence-electron chi connectivity index (χ2n) is 4.22. The van der Waals surface area contributed by atoms with Crippen LogP contribution in [-0.2, 0) is 10.0 Å². The zero-order valence-corrected chi connectivity index (χ0v) is 13.5. The fraction of sp³-hybridized carbons (Fsp3) is 0.231. The Morgan fingerprint density at radius 1 is 1.43 bits per heavy atom. The number of nitrogens with one attached hydrogen (secondary N) is 1. The number of aliphatic hydroxyl groups is 1. The molecule has 2 aromatic rings. The Balaban J connectivity index is 2.17. The van der Waals surface area contributed by atoms with Crippen molar-refractivity contribution < 1.29 is 18.3 Å². The molecule has 0 bridgehead atoms. The highest BCUT2D eigenvalue weighted by Gasteiger charge is 2.21. The molecule has 0 aliphatic heterocycles. The van der Waals surface area contributed by atoms with E-state index in [9.17, 15) is 13.5 Å². The molecule has 0 unspecified atom stereocenters. The fourth-order valence-corrected chi connectivity index (χ4v) is 3.88. The Morgan fingerprint density at radius 2 is 2.19 bits per heavy atom. The lowest BCUT2D eigenvalue weighted by Gasteiger charge is -2.13. The van der Waals surface area contributed by atoms with Gasteiger partial charge in [0, 0.05) is 11.6 Å². The van der Waals surface area contributed by atoms with E-state index in [1.807, 2.05) is 5.38 Å². The van der Waals surface area contributed by atoms with Crippen LogP contribution in [0.2, 0.25) is 5.02 Å². The standard InChI is InChI=1S/C13H14ClNO4S2/c1-19-12-3-2-10(14)6-13(12)21(17,18)15-7-11(16)9-4-5-20-8-9/h2-6,8,11,15-16H,7H2,1H3/t11-/m0/s1. The van der Waals surface area contributed by atoms with Crippen LogP contribution in [0.5, 0.6) is 5.75 Å². The average Bonchev–Trinajstić information content (AvgIpc) is 2.99. The summed E-state index contributed by atoms with van der Waals surface area (Å²) in [4.78, 5) is -0.0602. The highest BCUT2D eigenvalue weighted by Crippen LogP contribution is 2.27. The zero-order valence-electron chi connectivity index (χ0n) is 11.1. The van der Waals surface area contributed by atoms with Crippen molar-refractivity contribution in [2.24, 2.45) is 0 Å². The van der Waals surface area contributed by atoms with Gasteiger partial charge in [-0.15, -0.1) is 0 Å². The number of benzene rings is 1. The van der Waals surface area contributed by atoms with E-state index in [2.05, 4.69) is 4.72 Å². The summed E-state index contributed by atoms with van der Waals surface area (Å²) in [5.74, 6) is 0.192. The molecule has 2 rings (SSSR count). The number of halogens is 1. The molecule has 1 atom stereocenters. The van der Waals surface area contributed by atoms with E-state index < -0.39 is 16.1 Å². The highest BCUT2D eigenvalue weighted by atomic mass is 35.5. The van der Waals surface area contributed by atoms with Crippen molar-refractivity contribution in [1.29, 1.82) is 0 Å². The number of rotatable bonds is 6. The Hall–Kier alpha value is -1.12. The van der Waals surface area contributed by atoms with Gasteiger partial charge in [0.05, 0.1) is 13.2 Å². The zero-order chi connectivity index (χ0) is 15.5. The summed E-state index contributed by atoms with van der Waals surface area (Å²) in [5, 5.41) is 13.8. The minimum atomic E-state index is -3.83. The average molecular weight is 348 g/mol. The molecule has 1 heterocycles. The van der Waals surface area contributed by atoms with E-state index >= 15 is 0 Å². The number of sulfonamides is 1. The fourth-order valence-electron chi connectivity index (χ4n) is 1.71. The Bertz CT molecular complexity index is 701. The van der Waals surface area contributed by atoms with Crippen molar-refractivity contribution in [3.63, 3.8) is 0 Å². The number of methoxy groups -OCH3 is 1. The van der Waals surface area contributed by atoms with Crippen LogP contribution in [0.25, 0.3) is 0 Å². The maximum atomic E-state index is 12.3. The molecule has 2 N–H and O–H groups in total. The van der Waals surface area contributed by atoms with Crippen LogP contribution in [0.15, 0.2) is 39.9 Å². The van der Waals surface area contributed by atoms with Gasteiger partial charge in [-0.3, -0.25) is 0 Å². The molecule has 0 radical (unpaired) electrons. The van der Waals surface area contributed by atoms with Crippen LogP contribution in [0.1, 0.15) is 11.7 Å². The van der Waals surface area contributed by atoms with Crippen molar-refractivity contribution in [2.75, 3.05) is 13.7 Å². The van der Waals surface area contributed by atoms with Gasteiger partial charge in [0.1, 0.15) is 10.6 Å². The number of thiophene rings is 1. The summed E-state index contributed by atoms with van der Waals surface area (Å²) >= 11 is 7.26. The molecular formula is C13H14ClNO4S2. The number of aliphatic hydroxyl groups excluding tert-OH is 1. The summed E-state index contributed by atoms with van der Waals surface area (Å²) in [6.45, 7) is -0.130. The quantitative estimate of drug-likeness (QED) is 0.841. The van der Waals surface area contributed by atoms with E-state index in [0.29, 0.717) is 5.56 Å². The highest BCUT2D eigenvalue weighted by molar-refractivity contribution is 7.89. The number of hydrogen-bond donors (Lipinski definition) is 2. The number of ether oxygens (including phenoxy) is 1. The van der Waals surface area contributed by atoms with Gasteiger partial charge >= 0.3 is 0 Å². The monoisotopic (exact) mass is 347 g/mol. The van der Waals surface area contributed by atoms with Crippen LogP contribution in [-0.4, -0.2) is 27.2 Å². The number of hydrogen-bond acceptors (Lipinski definition) is 5. The molecule has 1 aromatic heterocycles. The molecule has 5 nitrogen and oxygen atoms in total. The maximum Gasteiger partial charge on any atom is 0.244 e. The summed E-state index contributed by atoms with van der Waals surface area (Å²) in [6, 6.07) is 6.06. The lowest BCUT2D eigenvalue weighted by molar-refractivity contribution is 0.182. The molecule has 0 fully saturated rings. The largest absolute Gasteiger partial charge is 0.495 e. The van der Waals surface area contributed by atoms with Gasteiger partial charge in [0.15, 0.2) is 0 Å². The summed E-state index contributed by atoms with van der Waals surface area (Å²) in [6.07, 6.45) is -0.906. The molecule has 8 heteroatoms. The minimum absolute atomic E-state index is 0.0602. The van der Waals surface area contributed by atoms with Gasteiger partial charge in [-0.2, -0.15) is 11.3 Å². The van der Waals surface area contributed by atoms with Crippen molar-refractivity contribution in [1.82, 2.24) is 4.72 Å². The maximum absolute atomic E-state index is 12.3. The molecule has 21 heavy (non-hydrogen) atoms. The predicted octanol–water partition coefficient (Wildman–Crippen LogP) is 2.42. The van der Waals surface area contributed by atoms with Gasteiger partial charge in [0.25, 0.3) is 0 Å². The Labute approximate surface area is 132 Å². The lowest BCUT2D eigenvalue weighted by atomic mass is 10.2. The van der Waals surface area contributed by atoms with Crippen molar-refractivity contribution in [2.45, 2.75) is 11.0 Å². The lowest BCUT2D eigenvalue weighted by Crippen LogP contribution is -2.28. The first-order valence-corrected chi connectivity index (χ1v) is 8.78. The topological polar surface area (TPSA) is 75.6 Å². The molecule has 0 saturated carbocycles. The van der Waals surface area contributed by atoms with E-state index in [4.69, 9.17) is 16.3 Å². The molecule has 114 valence electrons. The molecule has 0 amide bonds. The van der Waals surface area contributed by atoms with E-state index in [1.54, 1.807) is 17.5 Å². The predicted molar refractivity (Wildman–Crippen MR) is 82.5 cm³/mol. The second-order valence-corrected chi connectivity index (χ2v) is 7.17. The minimum Gasteiger partial charge on any atom is -0.495 e. The van der Waals surface area contributed by atoms with Gasteiger partial charge in [0.2, 0.25) is 10.0 Å². The van der Waals surface area contributed by atoms with Crippen molar-refractivity contribution in [3.8, 4) is 5.75 Å². The van der Waals surface area contributed by atoms with Crippen LogP contribution in [0, 0.1) is 0 Å². The van der Waals surface area contributed by atoms with Crippen LogP contribution in [0.3, 0.4) is 0 Å². The van der Waals surface area contributed by atoms with Gasteiger partial charge in [-0.25, -0.2) is 13.1 Å². The third-order valence-electron chi connectivity index (χ3n) is 2.81. The first kappa shape index (κ1) is 16.3. The summed E-state index contributed by atoms with van der Waals surface area (Å²) in [7, 11) is -2.45. The van der Waals surface area contributed by atoms with Gasteiger partial charge in [-0.1, -0.05) is 11.6 Å². The summed E-state index contributed by atoms with van der Waals surface area (Å²) < 4.78 is 31.9. The van der Waals surface area contributed by atoms with Crippen LogP contribution >= 0.6 is 22.9 Å². The first-order valence-electron chi connectivity index (χ1n) is 5.97. The molecule has 0 aliphatic rings. The third-order valence-corrected chi connectivity index (χ3v) is 5.19. The molecule has 0 saturated heterocycles. The Morgan fingerprint density at radius 3 is 2.81 bits per heavy atom. The third kappa shape index (κ3) is 3.96. The van der Waals surface area contributed by atoms with E-state index in [-0.39, 0.29) is 22.2 Å². The van der Waals surface area contributed by atoms with Crippen LogP contribution in [0.4, 0.5) is 0 Å². The van der Waals surface area contributed by atoms with Crippen molar-refractivity contribution in [3.05, 3.63) is 45.6 Å². The smallest absolute Gasteiger partial charge is 0.244 e. The first-order chi connectivity index (χ1) is 9.94. The van der Waals surface area contributed by atoms with Gasteiger partial charge in [-0.05, 0) is 40.6 Å². The molecular weight excluding hydrogens is 334 g/mol. The molecule has 0 aliphatic carbocycles. The van der Waals surface area contributed by atoms with Crippen molar-refractivity contribution >= 4 is 33.0 Å². The van der Waals surface area contributed by atoms with Crippen LogP contribution < -0.4 is 9.46 Å². The van der Waals surface area contributed by atoms with E-state index in [1.165, 1.54) is 30.6 Å². The van der Waals surface area contributed by atoms with Gasteiger partial charge < -0.3 is 9.84 Å². The SMILES string of the molecule is COc1ccc(Cl)cc1S(=O)(=O)NC[C@H](O)c1ccsc1. The molecule has 0 spiro atoms. The van der Waals surface area contributed by atoms with E-state index in [0.717, 1.165) is 0 Å².